The van der Waals surface area contributed by atoms with Crippen LogP contribution in [0.2, 0.25) is 0 Å². The second-order valence-electron chi connectivity index (χ2n) is 10.6. The van der Waals surface area contributed by atoms with Crippen molar-refractivity contribution in [3.8, 4) is 17.0 Å². The zero-order valence-corrected chi connectivity index (χ0v) is 22.3. The molecule has 1 fully saturated rings. The van der Waals surface area contributed by atoms with Gasteiger partial charge in [-0.15, -0.1) is 0 Å². The van der Waals surface area contributed by atoms with Crippen molar-refractivity contribution < 1.29 is 22.7 Å². The molecule has 1 aliphatic heterocycles. The van der Waals surface area contributed by atoms with E-state index in [4.69, 9.17) is 14.8 Å². The normalized spacial score (nSPS) is 14.6. The predicted molar refractivity (Wildman–Crippen MR) is 143 cm³/mol. The average molecular weight is 538 g/mol. The largest absolute Gasteiger partial charge is 0.497 e. The molecular weight excluding hydrogens is 507 g/mol. The van der Waals surface area contributed by atoms with Crippen LogP contribution in [0.1, 0.15) is 42.5 Å². The van der Waals surface area contributed by atoms with E-state index < -0.39 is 11.7 Å². The van der Waals surface area contributed by atoms with Crippen LogP contribution in [0.5, 0.6) is 5.75 Å². The Kier molecular flexibility index (Phi) is 6.74. The Balaban J connectivity index is 1.45. The maximum Gasteiger partial charge on any atom is 0.416 e. The SMILES string of the molecule is COc1ccc(-c2cc(C(=O)N3CCN(c4cccc(C(F)(F)F)c4)CC3)n3nc(C(C)(C)C)cc3n2)cc1. The summed E-state index contributed by atoms with van der Waals surface area (Å²) in [6.45, 7) is 7.71. The number of benzene rings is 2. The first-order valence-electron chi connectivity index (χ1n) is 12.7. The first kappa shape index (κ1) is 26.5. The standard InChI is InChI=1S/C29H30F3N5O2/c1-28(2,3)25-18-26-33-23(19-8-10-22(39-4)11-9-19)17-24(37(26)34-25)27(38)36-14-12-35(13-15-36)21-7-5-6-20(16-21)29(30,31)32/h5-11,16-18H,12-15H2,1-4H3. The molecule has 4 aromatic rings. The van der Waals surface area contributed by atoms with Crippen LogP contribution in [0, 0.1) is 0 Å². The van der Waals surface area contributed by atoms with Gasteiger partial charge in [0.1, 0.15) is 11.4 Å². The summed E-state index contributed by atoms with van der Waals surface area (Å²) < 4.78 is 46.4. The van der Waals surface area contributed by atoms with Crippen LogP contribution < -0.4 is 9.64 Å². The Morgan fingerprint density at radius 2 is 1.62 bits per heavy atom. The molecule has 0 radical (unpaired) electrons. The minimum atomic E-state index is -4.40. The zero-order chi connectivity index (χ0) is 27.9. The van der Waals surface area contributed by atoms with E-state index in [0.29, 0.717) is 54.7 Å². The molecule has 2 aromatic heterocycles. The van der Waals surface area contributed by atoms with Crippen molar-refractivity contribution in [2.45, 2.75) is 32.4 Å². The lowest BCUT2D eigenvalue weighted by Crippen LogP contribution is -2.49. The topological polar surface area (TPSA) is 63.0 Å². The van der Waals surface area contributed by atoms with Gasteiger partial charge in [-0.25, -0.2) is 9.50 Å². The van der Waals surface area contributed by atoms with Crippen LogP contribution in [0.15, 0.2) is 60.7 Å². The summed E-state index contributed by atoms with van der Waals surface area (Å²) in [4.78, 5) is 22.2. The number of methoxy groups -OCH3 is 1. The van der Waals surface area contributed by atoms with Crippen LogP contribution in [-0.4, -0.2) is 58.7 Å². The van der Waals surface area contributed by atoms with Gasteiger partial charge in [0, 0.05) is 48.9 Å². The Hall–Kier alpha value is -4.08. The molecular formula is C29H30F3N5O2. The van der Waals surface area contributed by atoms with Crippen molar-refractivity contribution in [2.75, 3.05) is 38.2 Å². The molecule has 10 heteroatoms. The van der Waals surface area contributed by atoms with Gasteiger partial charge < -0.3 is 14.5 Å². The average Bonchev–Trinajstić information content (AvgIpc) is 3.37. The minimum Gasteiger partial charge on any atom is -0.497 e. The molecule has 0 saturated carbocycles. The number of aromatic nitrogens is 3. The van der Waals surface area contributed by atoms with E-state index in [0.717, 1.165) is 23.4 Å². The number of piperazine rings is 1. The molecule has 0 N–H and O–H groups in total. The van der Waals surface area contributed by atoms with Gasteiger partial charge in [-0.3, -0.25) is 4.79 Å². The van der Waals surface area contributed by atoms with Gasteiger partial charge in [0.2, 0.25) is 0 Å². The number of halogens is 3. The lowest BCUT2D eigenvalue weighted by Gasteiger charge is -2.36. The number of carbonyl (C=O) groups excluding carboxylic acids is 1. The molecule has 1 saturated heterocycles. The third-order valence-corrected chi connectivity index (χ3v) is 6.91. The number of alkyl halides is 3. The molecule has 0 atom stereocenters. The van der Waals surface area contributed by atoms with Crippen molar-refractivity contribution in [1.82, 2.24) is 19.5 Å². The number of hydrogen-bond donors (Lipinski definition) is 0. The Labute approximate surface area is 224 Å². The second kappa shape index (κ2) is 9.91. The second-order valence-corrected chi connectivity index (χ2v) is 10.6. The lowest BCUT2D eigenvalue weighted by atomic mass is 9.93. The van der Waals surface area contributed by atoms with Gasteiger partial charge in [0.15, 0.2) is 5.65 Å². The number of nitrogens with zero attached hydrogens (tertiary/aromatic N) is 5. The van der Waals surface area contributed by atoms with E-state index in [1.165, 1.54) is 6.07 Å². The Morgan fingerprint density at radius 1 is 0.923 bits per heavy atom. The number of rotatable bonds is 4. The third-order valence-electron chi connectivity index (χ3n) is 6.91. The summed E-state index contributed by atoms with van der Waals surface area (Å²) in [6.07, 6.45) is -4.40. The van der Waals surface area contributed by atoms with Gasteiger partial charge in [0.05, 0.1) is 24.1 Å². The molecule has 39 heavy (non-hydrogen) atoms. The highest BCUT2D eigenvalue weighted by Crippen LogP contribution is 2.32. The summed E-state index contributed by atoms with van der Waals surface area (Å²) in [7, 11) is 1.60. The molecule has 2 aromatic carbocycles. The van der Waals surface area contributed by atoms with E-state index >= 15 is 0 Å². The summed E-state index contributed by atoms with van der Waals surface area (Å²) in [6, 6.07) is 16.4. The summed E-state index contributed by atoms with van der Waals surface area (Å²) in [5, 5.41) is 4.73. The zero-order valence-electron chi connectivity index (χ0n) is 22.3. The van der Waals surface area contributed by atoms with E-state index in [1.54, 1.807) is 28.7 Å². The quantitative estimate of drug-likeness (QED) is 0.335. The maximum absolute atomic E-state index is 13.8. The van der Waals surface area contributed by atoms with Crippen LogP contribution in [0.4, 0.5) is 18.9 Å². The molecule has 0 bridgehead atoms. The summed E-state index contributed by atoms with van der Waals surface area (Å²) in [5.74, 6) is 0.513. The Morgan fingerprint density at radius 3 is 2.23 bits per heavy atom. The molecule has 1 aliphatic rings. The fraction of sp³-hybridized carbons (Fsp3) is 0.345. The number of carbonyl (C=O) groups is 1. The fourth-order valence-corrected chi connectivity index (χ4v) is 4.61. The number of amides is 1. The molecule has 1 amide bonds. The molecule has 0 aliphatic carbocycles. The molecule has 0 spiro atoms. The summed E-state index contributed by atoms with van der Waals surface area (Å²) in [5.41, 5.74) is 2.80. The van der Waals surface area contributed by atoms with Gasteiger partial charge in [-0.05, 0) is 48.5 Å². The highest BCUT2D eigenvalue weighted by molar-refractivity contribution is 5.94. The summed E-state index contributed by atoms with van der Waals surface area (Å²) >= 11 is 0. The minimum absolute atomic E-state index is 0.204. The van der Waals surface area contributed by atoms with Crippen LogP contribution in [0.3, 0.4) is 0 Å². The van der Waals surface area contributed by atoms with Gasteiger partial charge in [-0.1, -0.05) is 26.8 Å². The molecule has 204 valence electrons. The van der Waals surface area contributed by atoms with E-state index in [9.17, 15) is 18.0 Å². The van der Waals surface area contributed by atoms with Gasteiger partial charge in [-0.2, -0.15) is 18.3 Å². The van der Waals surface area contributed by atoms with Crippen molar-refractivity contribution in [2.24, 2.45) is 0 Å². The lowest BCUT2D eigenvalue weighted by molar-refractivity contribution is -0.137. The van der Waals surface area contributed by atoms with E-state index in [-0.39, 0.29) is 11.3 Å². The molecule has 5 rings (SSSR count). The first-order valence-corrected chi connectivity index (χ1v) is 12.7. The van der Waals surface area contributed by atoms with Crippen molar-refractivity contribution in [3.05, 3.63) is 77.6 Å². The number of anilines is 1. The smallest absolute Gasteiger partial charge is 0.416 e. The monoisotopic (exact) mass is 537 g/mol. The Bertz CT molecular complexity index is 1500. The third kappa shape index (κ3) is 5.41. The van der Waals surface area contributed by atoms with Crippen LogP contribution in [-0.2, 0) is 11.6 Å². The molecule has 0 unspecified atom stereocenters. The predicted octanol–water partition coefficient (Wildman–Crippen LogP) is 5.68. The van der Waals surface area contributed by atoms with Crippen LogP contribution >= 0.6 is 0 Å². The van der Waals surface area contributed by atoms with E-state index in [2.05, 4.69) is 0 Å². The van der Waals surface area contributed by atoms with Crippen LogP contribution in [0.25, 0.3) is 16.9 Å². The van der Waals surface area contributed by atoms with E-state index in [1.807, 2.05) is 56.0 Å². The van der Waals surface area contributed by atoms with Crippen molar-refractivity contribution in [1.29, 1.82) is 0 Å². The first-order chi connectivity index (χ1) is 18.4. The number of ether oxygens (including phenoxy) is 1. The van der Waals surface area contributed by atoms with Crippen molar-refractivity contribution in [3.63, 3.8) is 0 Å². The molecule has 3 heterocycles. The number of hydrogen-bond acceptors (Lipinski definition) is 5. The van der Waals surface area contributed by atoms with Gasteiger partial charge in [0.25, 0.3) is 5.91 Å². The van der Waals surface area contributed by atoms with Crippen molar-refractivity contribution >= 4 is 17.2 Å². The highest BCUT2D eigenvalue weighted by Gasteiger charge is 2.32. The van der Waals surface area contributed by atoms with Gasteiger partial charge >= 0.3 is 6.18 Å². The highest BCUT2D eigenvalue weighted by atomic mass is 19.4. The number of fused-ring (bicyclic) bond motifs is 1. The fourth-order valence-electron chi connectivity index (χ4n) is 4.61. The molecule has 7 nitrogen and oxygen atoms in total. The maximum atomic E-state index is 13.8.